The van der Waals surface area contributed by atoms with E-state index < -0.39 is 0 Å². The van der Waals surface area contributed by atoms with Crippen molar-refractivity contribution >= 4 is 12.0 Å². The van der Waals surface area contributed by atoms with Crippen LogP contribution in [0.5, 0.6) is 11.5 Å². The lowest BCUT2D eigenvalue weighted by molar-refractivity contribution is -0.132. The fourth-order valence-corrected chi connectivity index (χ4v) is 5.19. The van der Waals surface area contributed by atoms with Gasteiger partial charge in [0.05, 0.1) is 0 Å². The van der Waals surface area contributed by atoms with Crippen molar-refractivity contribution in [1.29, 1.82) is 0 Å². The van der Waals surface area contributed by atoms with Crippen LogP contribution in [-0.2, 0) is 4.79 Å². The third-order valence-corrected chi connectivity index (χ3v) is 7.66. The van der Waals surface area contributed by atoms with Gasteiger partial charge in [-0.1, -0.05) is 78.7 Å². The summed E-state index contributed by atoms with van der Waals surface area (Å²) in [5.41, 5.74) is 3.76. The van der Waals surface area contributed by atoms with Crippen molar-refractivity contribution in [2.24, 2.45) is 17.8 Å². The molecule has 3 heteroatoms. The molecule has 0 amide bonds. The van der Waals surface area contributed by atoms with Crippen LogP contribution in [0.4, 0.5) is 0 Å². The molecule has 1 aromatic rings. The Kier molecular flexibility index (Phi) is 10.7. The summed E-state index contributed by atoms with van der Waals surface area (Å²) in [5, 5.41) is 0. The van der Waals surface area contributed by atoms with Crippen LogP contribution >= 0.6 is 0 Å². The molecule has 1 aliphatic rings. The van der Waals surface area contributed by atoms with E-state index in [0.29, 0.717) is 5.75 Å². The van der Waals surface area contributed by atoms with Crippen LogP contribution in [-0.4, -0.2) is 11.6 Å². The van der Waals surface area contributed by atoms with Gasteiger partial charge in [-0.3, -0.25) is 4.79 Å². The Bertz CT molecular complexity index is 851. The van der Waals surface area contributed by atoms with E-state index in [-0.39, 0.29) is 11.6 Å². The average Bonchev–Trinajstić information content (AvgIpc) is 2.74. The molecule has 0 aromatic heterocycles. The standard InChI is InChI=1S/C31H50O3/c1-21(2)13-10-14-22(3)15-11-16-23(4)17-12-19-31(9)20-18-28-26(7)29(33-27(8)32)24(5)25(6)30(28)34-31/h18,20-23H,10-17,19H2,1-9H3. The minimum Gasteiger partial charge on any atom is -0.483 e. The molecule has 0 saturated carbocycles. The van der Waals surface area contributed by atoms with Gasteiger partial charge in [-0.25, -0.2) is 0 Å². The van der Waals surface area contributed by atoms with Crippen LogP contribution in [0.3, 0.4) is 0 Å². The molecule has 1 heterocycles. The van der Waals surface area contributed by atoms with Crippen LogP contribution in [0.2, 0.25) is 0 Å². The molecule has 1 aliphatic heterocycles. The molecule has 0 aliphatic carbocycles. The van der Waals surface area contributed by atoms with E-state index in [2.05, 4.69) is 53.7 Å². The number of ether oxygens (including phenoxy) is 2. The maximum atomic E-state index is 11.6. The molecule has 3 atom stereocenters. The van der Waals surface area contributed by atoms with Crippen LogP contribution in [0.1, 0.15) is 122 Å². The summed E-state index contributed by atoms with van der Waals surface area (Å²) in [6.45, 7) is 19.2. The highest BCUT2D eigenvalue weighted by atomic mass is 16.5. The Labute approximate surface area is 209 Å². The number of carbonyl (C=O) groups excluding carboxylic acids is 1. The van der Waals surface area contributed by atoms with E-state index in [1.54, 1.807) is 0 Å². The molecule has 0 radical (unpaired) electrons. The van der Waals surface area contributed by atoms with Crippen molar-refractivity contribution in [2.45, 2.75) is 126 Å². The highest BCUT2D eigenvalue weighted by molar-refractivity contribution is 5.76. The Morgan fingerprint density at radius 2 is 1.44 bits per heavy atom. The first-order chi connectivity index (χ1) is 15.9. The predicted molar refractivity (Wildman–Crippen MR) is 145 cm³/mol. The number of hydrogen-bond donors (Lipinski definition) is 0. The molecular formula is C31H50O3. The zero-order chi connectivity index (χ0) is 25.5. The molecule has 3 unspecified atom stereocenters. The lowest BCUT2D eigenvalue weighted by Crippen LogP contribution is -2.32. The molecule has 1 aromatic carbocycles. The molecule has 192 valence electrons. The molecule has 3 nitrogen and oxygen atoms in total. The second-order valence-corrected chi connectivity index (χ2v) is 11.6. The van der Waals surface area contributed by atoms with Gasteiger partial charge in [0.25, 0.3) is 0 Å². The summed E-state index contributed by atoms with van der Waals surface area (Å²) >= 11 is 0. The third-order valence-electron chi connectivity index (χ3n) is 7.66. The van der Waals surface area contributed by atoms with Crippen molar-refractivity contribution < 1.29 is 14.3 Å². The lowest BCUT2D eigenvalue weighted by atomic mass is 9.88. The number of benzene rings is 1. The lowest BCUT2D eigenvalue weighted by Gasteiger charge is -2.34. The molecule has 0 saturated heterocycles. The maximum absolute atomic E-state index is 11.6. The smallest absolute Gasteiger partial charge is 0.308 e. The van der Waals surface area contributed by atoms with Gasteiger partial charge in [0, 0.05) is 18.1 Å². The molecule has 0 bridgehead atoms. The van der Waals surface area contributed by atoms with E-state index >= 15 is 0 Å². The second-order valence-electron chi connectivity index (χ2n) is 11.6. The van der Waals surface area contributed by atoms with E-state index in [4.69, 9.17) is 9.47 Å². The van der Waals surface area contributed by atoms with Gasteiger partial charge in [-0.15, -0.1) is 0 Å². The highest BCUT2D eigenvalue weighted by Crippen LogP contribution is 2.43. The molecular weight excluding hydrogens is 420 g/mol. The van der Waals surface area contributed by atoms with E-state index in [1.807, 2.05) is 13.8 Å². The zero-order valence-electron chi connectivity index (χ0n) is 23.5. The Morgan fingerprint density at radius 1 is 0.882 bits per heavy atom. The number of rotatable bonds is 13. The van der Waals surface area contributed by atoms with Crippen molar-refractivity contribution in [2.75, 3.05) is 0 Å². The minimum atomic E-state index is -0.287. The van der Waals surface area contributed by atoms with Crippen molar-refractivity contribution in [3.63, 3.8) is 0 Å². The van der Waals surface area contributed by atoms with Gasteiger partial charge in [0.1, 0.15) is 17.1 Å². The summed E-state index contributed by atoms with van der Waals surface area (Å²) in [6.07, 6.45) is 16.0. The van der Waals surface area contributed by atoms with Gasteiger partial charge >= 0.3 is 5.97 Å². The SMILES string of the molecule is CC(=O)Oc1c(C)c(C)c2c(c1C)C=CC(C)(CCCC(C)CCCC(C)CCCC(C)C)O2. The number of esters is 1. The van der Waals surface area contributed by atoms with Crippen LogP contribution in [0.15, 0.2) is 6.08 Å². The summed E-state index contributed by atoms with van der Waals surface area (Å²) in [5.74, 6) is 3.79. The molecule has 0 fully saturated rings. The predicted octanol–water partition coefficient (Wildman–Crippen LogP) is 9.14. The third kappa shape index (κ3) is 8.17. The van der Waals surface area contributed by atoms with Crippen LogP contribution < -0.4 is 9.47 Å². The van der Waals surface area contributed by atoms with Crippen molar-refractivity contribution in [3.05, 3.63) is 28.3 Å². The van der Waals surface area contributed by atoms with E-state index in [9.17, 15) is 4.79 Å². The highest BCUT2D eigenvalue weighted by Gasteiger charge is 2.31. The first-order valence-corrected chi connectivity index (χ1v) is 13.6. The quantitative estimate of drug-likeness (QED) is 0.213. The normalized spacial score (nSPS) is 19.0. The van der Waals surface area contributed by atoms with Crippen molar-refractivity contribution in [3.8, 4) is 11.5 Å². The van der Waals surface area contributed by atoms with Crippen LogP contribution in [0, 0.1) is 38.5 Å². The fourth-order valence-electron chi connectivity index (χ4n) is 5.19. The van der Waals surface area contributed by atoms with Gasteiger partial charge in [-0.2, -0.15) is 0 Å². The summed E-state index contributed by atoms with van der Waals surface area (Å²) in [6, 6.07) is 0. The van der Waals surface area contributed by atoms with Gasteiger partial charge in [0.15, 0.2) is 0 Å². The molecule has 2 rings (SSSR count). The maximum Gasteiger partial charge on any atom is 0.308 e. The number of fused-ring (bicyclic) bond motifs is 1. The Balaban J connectivity index is 1.84. The average molecular weight is 471 g/mol. The first-order valence-electron chi connectivity index (χ1n) is 13.6. The van der Waals surface area contributed by atoms with E-state index in [0.717, 1.165) is 52.2 Å². The van der Waals surface area contributed by atoms with Gasteiger partial charge < -0.3 is 9.47 Å². The van der Waals surface area contributed by atoms with Crippen LogP contribution in [0.25, 0.3) is 6.08 Å². The first kappa shape index (κ1) is 28.5. The topological polar surface area (TPSA) is 35.5 Å². The number of hydrogen-bond acceptors (Lipinski definition) is 3. The van der Waals surface area contributed by atoms with Gasteiger partial charge in [0.2, 0.25) is 0 Å². The summed E-state index contributed by atoms with van der Waals surface area (Å²) < 4.78 is 12.1. The molecule has 34 heavy (non-hydrogen) atoms. The summed E-state index contributed by atoms with van der Waals surface area (Å²) in [4.78, 5) is 11.6. The largest absolute Gasteiger partial charge is 0.483 e. The van der Waals surface area contributed by atoms with Crippen molar-refractivity contribution in [1.82, 2.24) is 0 Å². The monoisotopic (exact) mass is 470 g/mol. The molecule has 0 spiro atoms. The van der Waals surface area contributed by atoms with E-state index in [1.165, 1.54) is 58.3 Å². The molecule has 0 N–H and O–H groups in total. The summed E-state index contributed by atoms with van der Waals surface area (Å²) in [7, 11) is 0. The van der Waals surface area contributed by atoms with Gasteiger partial charge in [-0.05, 0) is 75.5 Å². The Morgan fingerprint density at radius 3 is 2.00 bits per heavy atom. The minimum absolute atomic E-state index is 0.286. The fraction of sp³-hybridized carbons (Fsp3) is 0.710. The second kappa shape index (κ2) is 12.8. The zero-order valence-corrected chi connectivity index (χ0v) is 23.5. The Hall–Kier alpha value is -1.77. The number of carbonyl (C=O) groups is 1.